The van der Waals surface area contributed by atoms with Gasteiger partial charge in [0.1, 0.15) is 5.69 Å². The summed E-state index contributed by atoms with van der Waals surface area (Å²) in [4.78, 5) is 21.7. The van der Waals surface area contributed by atoms with Crippen molar-refractivity contribution in [1.82, 2.24) is 14.8 Å². The van der Waals surface area contributed by atoms with Crippen LogP contribution >= 0.6 is 0 Å². The number of carbonyl (C=O) groups is 1. The quantitative estimate of drug-likeness (QED) is 0.725. The number of amides is 1. The van der Waals surface area contributed by atoms with E-state index in [4.69, 9.17) is 0 Å². The van der Waals surface area contributed by atoms with Crippen molar-refractivity contribution in [3.05, 3.63) is 78.0 Å². The van der Waals surface area contributed by atoms with Gasteiger partial charge in [0.25, 0.3) is 5.91 Å². The lowest BCUT2D eigenvalue weighted by molar-refractivity contribution is 0.0577. The molecule has 1 fully saturated rings. The smallest absolute Gasteiger partial charge is 0.272 e. The van der Waals surface area contributed by atoms with Gasteiger partial charge in [-0.25, -0.2) is 4.98 Å². The van der Waals surface area contributed by atoms with Gasteiger partial charge in [-0.05, 0) is 24.6 Å². The predicted octanol–water partition coefficient (Wildman–Crippen LogP) is 3.75. The number of para-hydroxylation sites is 1. The van der Waals surface area contributed by atoms with Crippen LogP contribution in [0.5, 0.6) is 0 Å². The molecule has 0 spiro atoms. The zero-order chi connectivity index (χ0) is 17.9. The highest BCUT2D eigenvalue weighted by molar-refractivity contribution is 5.95. The van der Waals surface area contributed by atoms with Gasteiger partial charge in [0.05, 0.1) is 5.52 Å². The van der Waals surface area contributed by atoms with Crippen LogP contribution in [0.1, 0.15) is 29.0 Å². The second-order valence-corrected chi connectivity index (χ2v) is 6.80. The number of hydrogen-bond donors (Lipinski definition) is 0. The number of rotatable bonds is 3. The van der Waals surface area contributed by atoms with Gasteiger partial charge >= 0.3 is 0 Å². The van der Waals surface area contributed by atoms with Gasteiger partial charge in [-0.2, -0.15) is 0 Å². The van der Waals surface area contributed by atoms with Crippen molar-refractivity contribution in [3.8, 4) is 0 Å². The fraction of sp³-hybridized carbons (Fsp3) is 0.273. The van der Waals surface area contributed by atoms with E-state index in [0.717, 1.165) is 37.1 Å². The Hall–Kier alpha value is -2.72. The van der Waals surface area contributed by atoms with Crippen LogP contribution in [0.2, 0.25) is 0 Å². The normalized spacial score (nSPS) is 16.6. The molecular formula is C22H23N3O. The summed E-state index contributed by atoms with van der Waals surface area (Å²) < 4.78 is 0. The van der Waals surface area contributed by atoms with E-state index >= 15 is 0 Å². The number of aromatic nitrogens is 1. The van der Waals surface area contributed by atoms with Crippen molar-refractivity contribution in [1.29, 1.82) is 0 Å². The molecule has 1 aliphatic heterocycles. The average Bonchev–Trinajstić information content (AvgIpc) is 2.73. The molecule has 0 bridgehead atoms. The van der Waals surface area contributed by atoms with Gasteiger partial charge in [-0.3, -0.25) is 9.69 Å². The Balaban J connectivity index is 1.43. The molecule has 0 aliphatic carbocycles. The third kappa shape index (κ3) is 3.33. The Morgan fingerprint density at radius 2 is 1.58 bits per heavy atom. The summed E-state index contributed by atoms with van der Waals surface area (Å²) in [6.45, 7) is 5.48. The zero-order valence-corrected chi connectivity index (χ0v) is 15.0. The van der Waals surface area contributed by atoms with Crippen LogP contribution in [0.25, 0.3) is 10.9 Å². The first-order valence-corrected chi connectivity index (χ1v) is 9.16. The molecule has 4 nitrogen and oxygen atoms in total. The van der Waals surface area contributed by atoms with E-state index in [1.54, 1.807) is 0 Å². The van der Waals surface area contributed by atoms with E-state index in [9.17, 15) is 4.79 Å². The summed E-state index contributed by atoms with van der Waals surface area (Å²) in [6, 6.07) is 22.6. The SMILES string of the molecule is CC(c1ccccc1)N1CCN(C(=O)c2ccc3ccccc3n2)CC1. The molecule has 3 aromatic rings. The molecule has 1 unspecified atom stereocenters. The molecule has 1 aliphatic rings. The first-order chi connectivity index (χ1) is 12.7. The van der Waals surface area contributed by atoms with Crippen molar-refractivity contribution in [2.45, 2.75) is 13.0 Å². The van der Waals surface area contributed by atoms with Crippen LogP contribution in [-0.4, -0.2) is 46.9 Å². The van der Waals surface area contributed by atoms with E-state index in [0.29, 0.717) is 11.7 Å². The minimum absolute atomic E-state index is 0.0303. The highest BCUT2D eigenvalue weighted by Crippen LogP contribution is 2.22. The topological polar surface area (TPSA) is 36.4 Å². The highest BCUT2D eigenvalue weighted by atomic mass is 16.2. The van der Waals surface area contributed by atoms with E-state index in [2.05, 4.69) is 41.1 Å². The first-order valence-electron chi connectivity index (χ1n) is 9.16. The van der Waals surface area contributed by atoms with Crippen molar-refractivity contribution < 1.29 is 4.79 Å². The Kier molecular flexibility index (Phi) is 4.67. The van der Waals surface area contributed by atoms with Crippen molar-refractivity contribution in [2.75, 3.05) is 26.2 Å². The lowest BCUT2D eigenvalue weighted by Gasteiger charge is -2.38. The number of nitrogens with zero attached hydrogens (tertiary/aromatic N) is 3. The molecule has 1 atom stereocenters. The number of fused-ring (bicyclic) bond motifs is 1. The average molecular weight is 345 g/mol. The van der Waals surface area contributed by atoms with Gasteiger partial charge < -0.3 is 4.90 Å². The van der Waals surface area contributed by atoms with Crippen molar-refractivity contribution in [3.63, 3.8) is 0 Å². The van der Waals surface area contributed by atoms with E-state index in [-0.39, 0.29) is 5.91 Å². The molecule has 2 heterocycles. The highest BCUT2D eigenvalue weighted by Gasteiger charge is 2.26. The Morgan fingerprint density at radius 3 is 2.35 bits per heavy atom. The lowest BCUT2D eigenvalue weighted by Crippen LogP contribution is -2.49. The number of carbonyl (C=O) groups excluding carboxylic acids is 1. The molecule has 0 N–H and O–H groups in total. The van der Waals surface area contributed by atoms with Gasteiger partial charge in [0.2, 0.25) is 0 Å². The Labute approximate surface area is 154 Å². The van der Waals surface area contributed by atoms with E-state index in [1.807, 2.05) is 47.4 Å². The third-order valence-corrected chi connectivity index (χ3v) is 5.25. The monoisotopic (exact) mass is 345 g/mol. The van der Waals surface area contributed by atoms with Crippen molar-refractivity contribution >= 4 is 16.8 Å². The van der Waals surface area contributed by atoms with Crippen LogP contribution in [0.15, 0.2) is 66.7 Å². The van der Waals surface area contributed by atoms with Crippen LogP contribution < -0.4 is 0 Å². The van der Waals surface area contributed by atoms with Crippen LogP contribution in [0.3, 0.4) is 0 Å². The minimum Gasteiger partial charge on any atom is -0.335 e. The molecule has 1 saturated heterocycles. The van der Waals surface area contributed by atoms with Gasteiger partial charge in [0, 0.05) is 37.6 Å². The summed E-state index contributed by atoms with van der Waals surface area (Å²) in [5.74, 6) is 0.0303. The molecular weight excluding hydrogens is 322 g/mol. The fourth-order valence-corrected chi connectivity index (χ4v) is 3.60. The Morgan fingerprint density at radius 1 is 0.885 bits per heavy atom. The maximum absolute atomic E-state index is 12.8. The minimum atomic E-state index is 0.0303. The van der Waals surface area contributed by atoms with Crippen molar-refractivity contribution in [2.24, 2.45) is 0 Å². The molecule has 1 aromatic heterocycles. The summed E-state index contributed by atoms with van der Waals surface area (Å²) in [5, 5.41) is 1.06. The largest absolute Gasteiger partial charge is 0.335 e. The lowest BCUT2D eigenvalue weighted by atomic mass is 10.1. The molecule has 2 aromatic carbocycles. The van der Waals surface area contributed by atoms with Crippen LogP contribution in [0, 0.1) is 0 Å². The van der Waals surface area contributed by atoms with Gasteiger partial charge in [-0.1, -0.05) is 54.6 Å². The van der Waals surface area contributed by atoms with Crippen LogP contribution in [-0.2, 0) is 0 Å². The van der Waals surface area contributed by atoms with Gasteiger partial charge in [-0.15, -0.1) is 0 Å². The zero-order valence-electron chi connectivity index (χ0n) is 15.0. The number of hydrogen-bond acceptors (Lipinski definition) is 3. The number of benzene rings is 2. The number of piperazine rings is 1. The molecule has 26 heavy (non-hydrogen) atoms. The molecule has 4 heteroatoms. The molecule has 4 rings (SSSR count). The van der Waals surface area contributed by atoms with E-state index in [1.165, 1.54) is 5.56 Å². The Bertz CT molecular complexity index is 901. The molecule has 1 amide bonds. The second-order valence-electron chi connectivity index (χ2n) is 6.80. The third-order valence-electron chi connectivity index (χ3n) is 5.25. The molecule has 0 saturated carbocycles. The second kappa shape index (κ2) is 7.26. The maximum Gasteiger partial charge on any atom is 0.272 e. The standard InChI is InChI=1S/C22H23N3O/c1-17(18-7-3-2-4-8-18)24-13-15-25(16-14-24)22(26)21-12-11-19-9-5-6-10-20(19)23-21/h2-12,17H,13-16H2,1H3. The van der Waals surface area contributed by atoms with E-state index < -0.39 is 0 Å². The van der Waals surface area contributed by atoms with Gasteiger partial charge in [0.15, 0.2) is 0 Å². The number of pyridine rings is 1. The summed E-state index contributed by atoms with van der Waals surface area (Å²) >= 11 is 0. The maximum atomic E-state index is 12.8. The first kappa shape index (κ1) is 16.7. The summed E-state index contributed by atoms with van der Waals surface area (Å²) in [7, 11) is 0. The van der Waals surface area contributed by atoms with Crippen LogP contribution in [0.4, 0.5) is 0 Å². The molecule has 0 radical (unpaired) electrons. The summed E-state index contributed by atoms with van der Waals surface area (Å²) in [5.41, 5.74) is 2.73. The predicted molar refractivity (Wildman–Crippen MR) is 104 cm³/mol. The fourth-order valence-electron chi connectivity index (χ4n) is 3.60. The molecule has 132 valence electrons. The summed E-state index contributed by atoms with van der Waals surface area (Å²) in [6.07, 6.45) is 0.